The standard InChI is InChI=1S/C16H15N3O3/c1-20-13-8-7-12(15-18-19-16(17)22-15)9-14(13)21-10-11-5-3-2-4-6-11/h2-9H,10H2,1H3,(H2,17,19). The SMILES string of the molecule is COc1ccc(-c2nnc(N)o2)cc1OCc1ccccc1. The van der Waals surface area contributed by atoms with Crippen LogP contribution in [0, 0.1) is 0 Å². The Kier molecular flexibility index (Phi) is 3.91. The quantitative estimate of drug-likeness (QED) is 0.779. The molecule has 6 nitrogen and oxygen atoms in total. The monoisotopic (exact) mass is 297 g/mol. The molecule has 6 heteroatoms. The van der Waals surface area contributed by atoms with Crippen molar-refractivity contribution in [3.63, 3.8) is 0 Å². The van der Waals surface area contributed by atoms with Crippen LogP contribution in [0.1, 0.15) is 5.56 Å². The van der Waals surface area contributed by atoms with Gasteiger partial charge in [-0.3, -0.25) is 0 Å². The number of anilines is 1. The van der Waals surface area contributed by atoms with Gasteiger partial charge in [0.05, 0.1) is 7.11 Å². The van der Waals surface area contributed by atoms with E-state index in [9.17, 15) is 0 Å². The van der Waals surface area contributed by atoms with Crippen LogP contribution >= 0.6 is 0 Å². The predicted molar refractivity (Wildman–Crippen MR) is 81.5 cm³/mol. The average Bonchev–Trinajstić information content (AvgIpc) is 3.00. The van der Waals surface area contributed by atoms with Gasteiger partial charge in [-0.2, -0.15) is 0 Å². The van der Waals surface area contributed by atoms with Gasteiger partial charge in [0.1, 0.15) is 6.61 Å². The zero-order chi connectivity index (χ0) is 15.4. The maximum absolute atomic E-state index is 5.84. The molecule has 0 fully saturated rings. The fraction of sp³-hybridized carbons (Fsp3) is 0.125. The van der Waals surface area contributed by atoms with Crippen molar-refractivity contribution in [2.75, 3.05) is 12.8 Å². The number of nitrogen functional groups attached to an aromatic ring is 1. The molecular formula is C16H15N3O3. The third-order valence-corrected chi connectivity index (χ3v) is 3.09. The second kappa shape index (κ2) is 6.17. The van der Waals surface area contributed by atoms with Crippen LogP contribution < -0.4 is 15.2 Å². The number of methoxy groups -OCH3 is 1. The van der Waals surface area contributed by atoms with Gasteiger partial charge in [-0.15, -0.1) is 5.10 Å². The topological polar surface area (TPSA) is 83.4 Å². The molecule has 0 bridgehead atoms. The van der Waals surface area contributed by atoms with E-state index >= 15 is 0 Å². The summed E-state index contributed by atoms with van der Waals surface area (Å²) in [7, 11) is 1.59. The van der Waals surface area contributed by atoms with E-state index in [4.69, 9.17) is 19.6 Å². The van der Waals surface area contributed by atoms with Crippen LogP contribution in [0.15, 0.2) is 52.9 Å². The minimum Gasteiger partial charge on any atom is -0.493 e. The molecule has 2 aromatic carbocycles. The third-order valence-electron chi connectivity index (χ3n) is 3.09. The van der Waals surface area contributed by atoms with E-state index in [1.807, 2.05) is 30.3 Å². The van der Waals surface area contributed by atoms with Crippen LogP contribution in [0.3, 0.4) is 0 Å². The first-order valence-corrected chi connectivity index (χ1v) is 6.70. The van der Waals surface area contributed by atoms with Crippen LogP contribution in [0.2, 0.25) is 0 Å². The van der Waals surface area contributed by atoms with Gasteiger partial charge in [0.2, 0.25) is 5.89 Å². The van der Waals surface area contributed by atoms with Crippen molar-refractivity contribution in [3.8, 4) is 23.0 Å². The number of nitrogens with zero attached hydrogens (tertiary/aromatic N) is 2. The Morgan fingerprint density at radius 3 is 2.55 bits per heavy atom. The van der Waals surface area contributed by atoms with E-state index in [-0.39, 0.29) is 6.01 Å². The molecule has 0 atom stereocenters. The van der Waals surface area contributed by atoms with Crippen LogP contribution in [0.25, 0.3) is 11.5 Å². The molecule has 0 amide bonds. The first-order valence-electron chi connectivity index (χ1n) is 6.70. The lowest BCUT2D eigenvalue weighted by Gasteiger charge is -2.11. The first-order chi connectivity index (χ1) is 10.8. The van der Waals surface area contributed by atoms with Crippen LogP contribution in [-0.2, 0) is 6.61 Å². The third kappa shape index (κ3) is 3.01. The predicted octanol–water partition coefficient (Wildman–Crippen LogP) is 2.91. The highest BCUT2D eigenvalue weighted by Gasteiger charge is 2.11. The average molecular weight is 297 g/mol. The molecule has 0 aliphatic heterocycles. The van der Waals surface area contributed by atoms with Crippen LogP contribution in [0.5, 0.6) is 11.5 Å². The summed E-state index contributed by atoms with van der Waals surface area (Å²) in [5.74, 6) is 1.57. The van der Waals surface area contributed by atoms with Crippen molar-refractivity contribution < 1.29 is 13.9 Å². The molecule has 22 heavy (non-hydrogen) atoms. The van der Waals surface area contributed by atoms with E-state index in [1.54, 1.807) is 25.3 Å². The maximum Gasteiger partial charge on any atom is 0.313 e. The normalized spacial score (nSPS) is 10.4. The highest BCUT2D eigenvalue weighted by atomic mass is 16.5. The highest BCUT2D eigenvalue weighted by Crippen LogP contribution is 2.32. The minimum atomic E-state index is 0.0255. The summed E-state index contributed by atoms with van der Waals surface area (Å²) in [6.45, 7) is 0.437. The summed E-state index contributed by atoms with van der Waals surface area (Å²) in [6, 6.07) is 15.3. The number of hydrogen-bond donors (Lipinski definition) is 1. The number of benzene rings is 2. The molecule has 0 saturated carbocycles. The molecule has 0 aliphatic carbocycles. The fourth-order valence-electron chi connectivity index (χ4n) is 2.01. The maximum atomic E-state index is 5.84. The van der Waals surface area contributed by atoms with Gasteiger partial charge in [0.15, 0.2) is 11.5 Å². The summed E-state index contributed by atoms with van der Waals surface area (Å²) in [5, 5.41) is 7.51. The van der Waals surface area contributed by atoms with Crippen LogP contribution in [0.4, 0.5) is 6.01 Å². The molecule has 0 spiro atoms. The summed E-state index contributed by atoms with van der Waals surface area (Å²) in [5.41, 5.74) is 7.23. The van der Waals surface area contributed by atoms with Crippen molar-refractivity contribution in [2.24, 2.45) is 0 Å². The molecule has 112 valence electrons. The van der Waals surface area contributed by atoms with Crippen molar-refractivity contribution in [1.82, 2.24) is 10.2 Å². The smallest absolute Gasteiger partial charge is 0.313 e. The van der Waals surface area contributed by atoms with E-state index in [0.717, 1.165) is 5.56 Å². The summed E-state index contributed by atoms with van der Waals surface area (Å²) in [4.78, 5) is 0. The number of rotatable bonds is 5. The zero-order valence-corrected chi connectivity index (χ0v) is 12.0. The lowest BCUT2D eigenvalue weighted by atomic mass is 10.2. The van der Waals surface area contributed by atoms with Gasteiger partial charge in [0.25, 0.3) is 0 Å². The van der Waals surface area contributed by atoms with Gasteiger partial charge < -0.3 is 19.6 Å². The van der Waals surface area contributed by atoms with Gasteiger partial charge in [0, 0.05) is 5.56 Å². The van der Waals surface area contributed by atoms with Crippen molar-refractivity contribution in [1.29, 1.82) is 0 Å². The van der Waals surface area contributed by atoms with E-state index in [2.05, 4.69) is 10.2 Å². The molecule has 1 heterocycles. The molecule has 0 unspecified atom stereocenters. The first kappa shape index (κ1) is 13.9. The Hall–Kier alpha value is -3.02. The fourth-order valence-corrected chi connectivity index (χ4v) is 2.01. The number of aromatic nitrogens is 2. The van der Waals surface area contributed by atoms with Gasteiger partial charge in [-0.25, -0.2) is 0 Å². The Morgan fingerprint density at radius 2 is 1.86 bits per heavy atom. The Morgan fingerprint density at radius 1 is 1.05 bits per heavy atom. The summed E-state index contributed by atoms with van der Waals surface area (Å²) in [6.07, 6.45) is 0. The summed E-state index contributed by atoms with van der Waals surface area (Å²) >= 11 is 0. The Balaban J connectivity index is 1.85. The molecule has 0 saturated heterocycles. The molecule has 3 rings (SSSR count). The molecule has 0 aliphatic rings. The molecule has 2 N–H and O–H groups in total. The van der Waals surface area contributed by atoms with Crippen molar-refractivity contribution in [3.05, 3.63) is 54.1 Å². The van der Waals surface area contributed by atoms with Crippen molar-refractivity contribution >= 4 is 6.01 Å². The molecule has 1 aromatic heterocycles. The molecule has 3 aromatic rings. The largest absolute Gasteiger partial charge is 0.493 e. The lowest BCUT2D eigenvalue weighted by molar-refractivity contribution is 0.284. The number of nitrogens with two attached hydrogens (primary N) is 1. The summed E-state index contributed by atoms with van der Waals surface area (Å²) < 4.78 is 16.4. The minimum absolute atomic E-state index is 0.0255. The van der Waals surface area contributed by atoms with Gasteiger partial charge in [-0.05, 0) is 23.8 Å². The zero-order valence-electron chi connectivity index (χ0n) is 12.0. The second-order valence-corrected chi connectivity index (χ2v) is 4.59. The van der Waals surface area contributed by atoms with Crippen LogP contribution in [-0.4, -0.2) is 17.3 Å². The highest BCUT2D eigenvalue weighted by molar-refractivity contribution is 5.60. The van der Waals surface area contributed by atoms with Gasteiger partial charge in [-0.1, -0.05) is 35.4 Å². The lowest BCUT2D eigenvalue weighted by Crippen LogP contribution is -1.98. The number of ether oxygens (including phenoxy) is 2. The Labute approximate surface area is 127 Å². The van der Waals surface area contributed by atoms with E-state index in [1.165, 1.54) is 0 Å². The van der Waals surface area contributed by atoms with Crippen molar-refractivity contribution in [2.45, 2.75) is 6.61 Å². The Bertz CT molecular complexity index is 756. The second-order valence-electron chi connectivity index (χ2n) is 4.59. The van der Waals surface area contributed by atoms with Gasteiger partial charge >= 0.3 is 6.01 Å². The molecule has 0 radical (unpaired) electrons. The number of hydrogen-bond acceptors (Lipinski definition) is 6. The van der Waals surface area contributed by atoms with E-state index < -0.39 is 0 Å². The molecular weight excluding hydrogens is 282 g/mol. The van der Waals surface area contributed by atoms with E-state index in [0.29, 0.717) is 29.6 Å².